The molecular weight excluding hydrogens is 539 g/mol. The zero-order valence-corrected chi connectivity index (χ0v) is 24.9. The average Bonchev–Trinajstić information content (AvgIpc) is 2.95. The van der Waals surface area contributed by atoms with Gasteiger partial charge in [0.1, 0.15) is 0 Å². The van der Waals surface area contributed by atoms with Crippen LogP contribution in [0.2, 0.25) is 10.0 Å². The number of aromatic nitrogens is 1. The first kappa shape index (κ1) is 29.1. The summed E-state index contributed by atoms with van der Waals surface area (Å²) in [5.41, 5.74) is 5.83. The van der Waals surface area contributed by atoms with Gasteiger partial charge < -0.3 is 10.2 Å². The number of rotatable bonds is 10. The van der Waals surface area contributed by atoms with E-state index in [0.29, 0.717) is 28.2 Å². The number of piperidine rings is 1. The number of halogens is 2. The fraction of sp³-hybridized carbons (Fsp3) is 0.455. The molecule has 1 saturated heterocycles. The molecule has 0 radical (unpaired) electrons. The summed E-state index contributed by atoms with van der Waals surface area (Å²) in [6, 6.07) is 16.4. The summed E-state index contributed by atoms with van der Waals surface area (Å²) in [7, 11) is 0. The summed E-state index contributed by atoms with van der Waals surface area (Å²) in [6.45, 7) is 6.95. The second kappa shape index (κ2) is 14.0. The number of carbonyl (C=O) groups excluding carboxylic acids is 1. The molecule has 0 saturated carbocycles. The molecule has 7 heteroatoms. The number of nitrogens with one attached hydrogen (secondary N) is 1. The van der Waals surface area contributed by atoms with Crippen LogP contribution in [-0.2, 0) is 11.2 Å². The van der Waals surface area contributed by atoms with Crippen molar-refractivity contribution < 1.29 is 4.79 Å². The molecule has 40 heavy (non-hydrogen) atoms. The van der Waals surface area contributed by atoms with E-state index in [9.17, 15) is 4.79 Å². The minimum absolute atomic E-state index is 0.0338. The number of benzene rings is 2. The summed E-state index contributed by atoms with van der Waals surface area (Å²) >= 11 is 12.3. The summed E-state index contributed by atoms with van der Waals surface area (Å²) in [4.78, 5) is 22.5. The van der Waals surface area contributed by atoms with E-state index >= 15 is 0 Å². The zero-order chi connectivity index (χ0) is 27.9. The largest absolute Gasteiger partial charge is 0.325 e. The number of nitrogens with zero attached hydrogens (tertiary/aromatic N) is 3. The first-order valence-corrected chi connectivity index (χ1v) is 15.5. The number of hydrogen-bond acceptors (Lipinski definition) is 4. The van der Waals surface area contributed by atoms with Crippen LogP contribution in [0.1, 0.15) is 62.6 Å². The minimum Gasteiger partial charge on any atom is -0.325 e. The fourth-order valence-electron chi connectivity index (χ4n) is 6.43. The summed E-state index contributed by atoms with van der Waals surface area (Å²) in [6.07, 6.45) is 12.2. The Morgan fingerprint density at radius 2 is 1.68 bits per heavy atom. The van der Waals surface area contributed by atoms with Gasteiger partial charge in [-0.2, -0.15) is 0 Å². The highest BCUT2D eigenvalue weighted by atomic mass is 35.5. The lowest BCUT2D eigenvalue weighted by Crippen LogP contribution is -2.46. The minimum atomic E-state index is -0.0338. The van der Waals surface area contributed by atoms with Crippen molar-refractivity contribution in [3.63, 3.8) is 0 Å². The van der Waals surface area contributed by atoms with Gasteiger partial charge in [-0.25, -0.2) is 0 Å². The number of hydrogen-bond donors (Lipinski definition) is 1. The van der Waals surface area contributed by atoms with E-state index < -0.39 is 0 Å². The number of carbonyl (C=O) groups is 1. The van der Waals surface area contributed by atoms with Crippen molar-refractivity contribution in [3.05, 3.63) is 82.1 Å². The van der Waals surface area contributed by atoms with Gasteiger partial charge in [0.05, 0.1) is 6.54 Å². The van der Waals surface area contributed by atoms with E-state index in [1.807, 2.05) is 12.4 Å². The first-order chi connectivity index (χ1) is 19.5. The predicted molar refractivity (Wildman–Crippen MR) is 166 cm³/mol. The lowest BCUT2D eigenvalue weighted by Gasteiger charge is -2.44. The van der Waals surface area contributed by atoms with Crippen LogP contribution < -0.4 is 5.32 Å². The quantitative estimate of drug-likeness (QED) is 0.248. The summed E-state index contributed by atoms with van der Waals surface area (Å²) in [5.74, 6) is 0.486. The fourth-order valence-corrected chi connectivity index (χ4v) is 6.96. The van der Waals surface area contributed by atoms with Crippen LogP contribution >= 0.6 is 23.2 Å². The van der Waals surface area contributed by atoms with Crippen LogP contribution in [-0.4, -0.2) is 53.4 Å². The SMILES string of the molecule is CCCCCCN1CCC(C2c3ccc(-c4ccncc4)cc3CCN2CC(=O)Nc2cc(Cl)cc(Cl)c2)CC1. The van der Waals surface area contributed by atoms with Crippen molar-refractivity contribution in [2.45, 2.75) is 57.9 Å². The predicted octanol–water partition coefficient (Wildman–Crippen LogP) is 7.89. The van der Waals surface area contributed by atoms with Crippen LogP contribution in [0.5, 0.6) is 0 Å². The van der Waals surface area contributed by atoms with E-state index in [1.54, 1.807) is 18.2 Å². The van der Waals surface area contributed by atoms with E-state index in [2.05, 4.69) is 57.4 Å². The molecule has 2 aliphatic heterocycles. The second-order valence-corrected chi connectivity index (χ2v) is 12.1. The van der Waals surface area contributed by atoms with Gasteiger partial charge in [0.2, 0.25) is 5.91 Å². The van der Waals surface area contributed by atoms with Crippen LogP contribution in [0, 0.1) is 5.92 Å². The monoisotopic (exact) mass is 578 g/mol. The van der Waals surface area contributed by atoms with Gasteiger partial charge in [-0.15, -0.1) is 0 Å². The Hall–Kier alpha value is -2.44. The summed E-state index contributed by atoms with van der Waals surface area (Å²) in [5, 5.41) is 4.05. The van der Waals surface area contributed by atoms with E-state index in [0.717, 1.165) is 38.9 Å². The van der Waals surface area contributed by atoms with Gasteiger partial charge in [0.25, 0.3) is 0 Å². The first-order valence-electron chi connectivity index (χ1n) is 14.8. The highest BCUT2D eigenvalue weighted by molar-refractivity contribution is 6.35. The maximum absolute atomic E-state index is 13.3. The molecular formula is C33H40Cl2N4O. The third-order valence-electron chi connectivity index (χ3n) is 8.44. The molecule has 1 N–H and O–H groups in total. The third-order valence-corrected chi connectivity index (χ3v) is 8.87. The number of fused-ring (bicyclic) bond motifs is 1. The average molecular weight is 580 g/mol. The van der Waals surface area contributed by atoms with Gasteiger partial charge in [-0.1, -0.05) is 67.6 Å². The molecule has 1 atom stereocenters. The highest BCUT2D eigenvalue weighted by Crippen LogP contribution is 2.41. The van der Waals surface area contributed by atoms with Crippen LogP contribution in [0.25, 0.3) is 11.1 Å². The lowest BCUT2D eigenvalue weighted by atomic mass is 9.79. The van der Waals surface area contributed by atoms with Crippen molar-refractivity contribution in [2.75, 3.05) is 38.0 Å². The smallest absolute Gasteiger partial charge is 0.238 e. The van der Waals surface area contributed by atoms with Gasteiger partial charge in [0.15, 0.2) is 0 Å². The normalized spacial score (nSPS) is 18.4. The number of pyridine rings is 1. The number of amides is 1. The molecule has 2 aromatic carbocycles. The Kier molecular flexibility index (Phi) is 10.1. The van der Waals surface area contributed by atoms with Gasteiger partial charge in [0, 0.05) is 40.7 Å². The van der Waals surface area contributed by atoms with Crippen molar-refractivity contribution >= 4 is 34.8 Å². The van der Waals surface area contributed by atoms with Crippen molar-refractivity contribution in [1.82, 2.24) is 14.8 Å². The second-order valence-electron chi connectivity index (χ2n) is 11.3. The van der Waals surface area contributed by atoms with Crippen LogP contribution in [0.15, 0.2) is 60.9 Å². The van der Waals surface area contributed by atoms with Crippen LogP contribution in [0.4, 0.5) is 5.69 Å². The Balaban J connectivity index is 1.33. The molecule has 0 aliphatic carbocycles. The third kappa shape index (κ3) is 7.44. The van der Waals surface area contributed by atoms with Gasteiger partial charge in [-0.05, 0) is 104 Å². The number of unbranched alkanes of at least 4 members (excludes halogenated alkanes) is 3. The van der Waals surface area contributed by atoms with Crippen molar-refractivity contribution in [2.24, 2.45) is 5.92 Å². The topological polar surface area (TPSA) is 48.5 Å². The Labute approximate surface area is 248 Å². The molecule has 3 aromatic rings. The molecule has 2 aliphatic rings. The molecule has 1 amide bonds. The molecule has 1 unspecified atom stereocenters. The number of likely N-dealkylation sites (tertiary alicyclic amines) is 1. The van der Waals surface area contributed by atoms with E-state index in [4.69, 9.17) is 23.2 Å². The highest BCUT2D eigenvalue weighted by Gasteiger charge is 2.36. The van der Waals surface area contributed by atoms with Crippen molar-refractivity contribution in [3.8, 4) is 11.1 Å². The number of anilines is 1. The Morgan fingerprint density at radius 3 is 2.40 bits per heavy atom. The molecule has 0 spiro atoms. The summed E-state index contributed by atoms with van der Waals surface area (Å²) < 4.78 is 0. The molecule has 1 fully saturated rings. The van der Waals surface area contributed by atoms with E-state index in [-0.39, 0.29) is 11.9 Å². The van der Waals surface area contributed by atoms with Crippen molar-refractivity contribution in [1.29, 1.82) is 0 Å². The zero-order valence-electron chi connectivity index (χ0n) is 23.4. The standard InChI is InChI=1S/C33H40Cl2N4O/c1-2-3-4-5-15-38-16-10-25(11-17-38)33-31-7-6-26(24-8-13-36-14-9-24)19-27(31)12-18-39(33)23-32(40)37-30-21-28(34)20-29(35)22-30/h6-9,13-14,19-22,25,33H,2-5,10-12,15-18,23H2,1H3,(H,37,40). The molecule has 5 nitrogen and oxygen atoms in total. The van der Waals surface area contributed by atoms with Crippen LogP contribution in [0.3, 0.4) is 0 Å². The van der Waals surface area contributed by atoms with Gasteiger partial charge in [-0.3, -0.25) is 14.7 Å². The maximum Gasteiger partial charge on any atom is 0.238 e. The maximum atomic E-state index is 13.3. The molecule has 1 aromatic heterocycles. The molecule has 212 valence electrons. The van der Waals surface area contributed by atoms with E-state index in [1.165, 1.54) is 54.5 Å². The van der Waals surface area contributed by atoms with Gasteiger partial charge >= 0.3 is 0 Å². The molecule has 0 bridgehead atoms. The Bertz CT molecular complexity index is 1260. The lowest BCUT2D eigenvalue weighted by molar-refractivity contribution is -0.118. The molecule has 5 rings (SSSR count). The Morgan fingerprint density at radius 1 is 0.925 bits per heavy atom. The molecule has 3 heterocycles.